The number of fused-ring (bicyclic) bond motifs is 3. The van der Waals surface area contributed by atoms with E-state index in [-0.39, 0.29) is 18.2 Å². The highest BCUT2D eigenvalue weighted by Gasteiger charge is 2.45. The molecule has 7 heteroatoms. The lowest BCUT2D eigenvalue weighted by molar-refractivity contribution is -0.121. The van der Waals surface area contributed by atoms with Crippen LogP contribution in [-0.2, 0) is 16.1 Å². The van der Waals surface area contributed by atoms with Crippen LogP contribution in [0, 0.1) is 0 Å². The number of carbonyl (C=O) groups is 2. The maximum absolute atomic E-state index is 13.1. The van der Waals surface area contributed by atoms with Crippen molar-refractivity contribution < 1.29 is 14.3 Å². The summed E-state index contributed by atoms with van der Waals surface area (Å²) in [6, 6.07) is 14.5. The van der Waals surface area contributed by atoms with E-state index in [1.165, 1.54) is 4.90 Å². The molecule has 0 aliphatic carbocycles. The Kier molecular flexibility index (Phi) is 3.82. The predicted octanol–water partition coefficient (Wildman–Crippen LogP) is 2.59. The molecule has 1 unspecified atom stereocenters. The van der Waals surface area contributed by atoms with E-state index in [2.05, 4.69) is 4.57 Å². The highest BCUT2D eigenvalue weighted by Crippen LogP contribution is 2.33. The molecule has 0 radical (unpaired) electrons. The van der Waals surface area contributed by atoms with Crippen LogP contribution in [-0.4, -0.2) is 40.6 Å². The van der Waals surface area contributed by atoms with Crippen molar-refractivity contribution in [1.82, 2.24) is 9.55 Å². The van der Waals surface area contributed by atoms with Crippen LogP contribution in [0.1, 0.15) is 13.3 Å². The molecule has 0 N–H and O–H groups in total. The second-order valence-electron chi connectivity index (χ2n) is 6.96. The molecule has 5 rings (SSSR count). The molecule has 0 bridgehead atoms. The first-order valence-electron chi connectivity index (χ1n) is 9.49. The van der Waals surface area contributed by atoms with Gasteiger partial charge in [0.2, 0.25) is 11.9 Å². The number of rotatable bonds is 4. The van der Waals surface area contributed by atoms with Crippen LogP contribution in [0.15, 0.2) is 48.5 Å². The fraction of sp³-hybridized carbons (Fsp3) is 0.286. The van der Waals surface area contributed by atoms with Crippen molar-refractivity contribution in [2.75, 3.05) is 23.0 Å². The van der Waals surface area contributed by atoms with Gasteiger partial charge in [-0.15, -0.1) is 0 Å². The Morgan fingerprint density at radius 2 is 1.86 bits per heavy atom. The van der Waals surface area contributed by atoms with E-state index in [4.69, 9.17) is 9.72 Å². The van der Waals surface area contributed by atoms with E-state index in [9.17, 15) is 9.59 Å². The number of anilines is 2. The van der Waals surface area contributed by atoms with Crippen molar-refractivity contribution >= 4 is 34.5 Å². The van der Waals surface area contributed by atoms with Gasteiger partial charge in [0.15, 0.2) is 0 Å². The second-order valence-corrected chi connectivity index (χ2v) is 6.96. The van der Waals surface area contributed by atoms with Gasteiger partial charge in [-0.05, 0) is 43.3 Å². The van der Waals surface area contributed by atoms with Gasteiger partial charge in [-0.1, -0.05) is 12.1 Å². The lowest BCUT2D eigenvalue weighted by atomic mass is 10.2. The fourth-order valence-corrected chi connectivity index (χ4v) is 4.09. The van der Waals surface area contributed by atoms with Gasteiger partial charge < -0.3 is 14.2 Å². The number of nitrogens with zero attached hydrogens (tertiary/aromatic N) is 4. The summed E-state index contributed by atoms with van der Waals surface area (Å²) in [4.78, 5) is 33.8. The number of aromatic nitrogens is 2. The van der Waals surface area contributed by atoms with E-state index >= 15 is 0 Å². The van der Waals surface area contributed by atoms with E-state index < -0.39 is 6.04 Å². The summed E-state index contributed by atoms with van der Waals surface area (Å²) in [7, 11) is 0. The Morgan fingerprint density at radius 3 is 2.64 bits per heavy atom. The SMILES string of the molecule is CCOc1ccc(N2C(=O)CC(N3CCn4c3nc3ccccc34)C2=O)cc1. The number of amides is 2. The molecule has 1 saturated heterocycles. The average Bonchev–Trinajstić information content (AvgIpc) is 3.35. The van der Waals surface area contributed by atoms with E-state index in [1.807, 2.05) is 36.1 Å². The molecular weight excluding hydrogens is 356 g/mol. The molecule has 2 aliphatic heterocycles. The van der Waals surface area contributed by atoms with Crippen LogP contribution in [0.4, 0.5) is 11.6 Å². The number of benzene rings is 2. The Hall–Kier alpha value is -3.35. The first-order valence-corrected chi connectivity index (χ1v) is 9.49. The van der Waals surface area contributed by atoms with Gasteiger partial charge in [-0.2, -0.15) is 0 Å². The zero-order chi connectivity index (χ0) is 19.3. The van der Waals surface area contributed by atoms with Crippen molar-refractivity contribution in [2.45, 2.75) is 25.9 Å². The minimum Gasteiger partial charge on any atom is -0.494 e. The zero-order valence-electron chi connectivity index (χ0n) is 15.5. The number of hydrogen-bond acceptors (Lipinski definition) is 5. The zero-order valence-corrected chi connectivity index (χ0v) is 15.5. The summed E-state index contributed by atoms with van der Waals surface area (Å²) in [6.45, 7) is 3.92. The van der Waals surface area contributed by atoms with Gasteiger partial charge in [0.1, 0.15) is 11.8 Å². The van der Waals surface area contributed by atoms with Crippen molar-refractivity contribution in [3.05, 3.63) is 48.5 Å². The summed E-state index contributed by atoms with van der Waals surface area (Å²) in [5.74, 6) is 1.10. The molecule has 1 aromatic heterocycles. The molecule has 1 fully saturated rings. The quantitative estimate of drug-likeness (QED) is 0.655. The Bertz CT molecular complexity index is 1070. The third-order valence-corrected chi connectivity index (χ3v) is 5.36. The van der Waals surface area contributed by atoms with Crippen LogP contribution in [0.2, 0.25) is 0 Å². The Balaban J connectivity index is 1.44. The summed E-state index contributed by atoms with van der Waals surface area (Å²) >= 11 is 0. The molecule has 28 heavy (non-hydrogen) atoms. The van der Waals surface area contributed by atoms with Gasteiger partial charge in [0.25, 0.3) is 5.91 Å². The number of carbonyl (C=O) groups excluding carboxylic acids is 2. The first-order chi connectivity index (χ1) is 13.7. The Morgan fingerprint density at radius 1 is 1.07 bits per heavy atom. The molecule has 142 valence electrons. The van der Waals surface area contributed by atoms with E-state index in [0.717, 1.165) is 29.3 Å². The maximum Gasteiger partial charge on any atom is 0.257 e. The molecule has 7 nitrogen and oxygen atoms in total. The average molecular weight is 376 g/mol. The number of ether oxygens (including phenoxy) is 1. The van der Waals surface area contributed by atoms with E-state index in [0.29, 0.717) is 18.8 Å². The summed E-state index contributed by atoms with van der Waals surface area (Å²) < 4.78 is 7.56. The van der Waals surface area contributed by atoms with Gasteiger partial charge in [0.05, 0.1) is 29.7 Å². The molecule has 2 amide bonds. The predicted molar refractivity (Wildman–Crippen MR) is 106 cm³/mol. The second kappa shape index (κ2) is 6.37. The normalized spacial score (nSPS) is 19.0. The van der Waals surface area contributed by atoms with E-state index in [1.54, 1.807) is 24.3 Å². The smallest absolute Gasteiger partial charge is 0.257 e. The highest BCUT2D eigenvalue weighted by molar-refractivity contribution is 6.23. The molecule has 0 saturated carbocycles. The van der Waals surface area contributed by atoms with Crippen molar-refractivity contribution in [3.63, 3.8) is 0 Å². The minimum atomic E-state index is -0.517. The molecule has 2 aliphatic rings. The third-order valence-electron chi connectivity index (χ3n) is 5.36. The molecule has 2 aromatic carbocycles. The van der Waals surface area contributed by atoms with Gasteiger partial charge >= 0.3 is 0 Å². The van der Waals surface area contributed by atoms with Crippen LogP contribution >= 0.6 is 0 Å². The summed E-state index contributed by atoms with van der Waals surface area (Å²) in [5.41, 5.74) is 2.54. The van der Waals surface area contributed by atoms with Gasteiger partial charge in [0, 0.05) is 13.1 Å². The lowest BCUT2D eigenvalue weighted by Crippen LogP contribution is -2.41. The van der Waals surface area contributed by atoms with Gasteiger partial charge in [-0.25, -0.2) is 9.88 Å². The number of imidazole rings is 1. The van der Waals surface area contributed by atoms with Crippen LogP contribution in [0.5, 0.6) is 5.75 Å². The minimum absolute atomic E-state index is 0.162. The lowest BCUT2D eigenvalue weighted by Gasteiger charge is -2.22. The molecule has 1 atom stereocenters. The number of hydrogen-bond donors (Lipinski definition) is 0. The maximum atomic E-state index is 13.1. The van der Waals surface area contributed by atoms with Crippen molar-refractivity contribution in [3.8, 4) is 5.75 Å². The molecule has 0 spiro atoms. The standard InChI is InChI=1S/C21H20N4O3/c1-2-28-15-9-7-14(8-10-15)25-19(26)13-18(20(25)27)24-12-11-23-17-6-4-3-5-16(17)22-21(23)24/h3-10,18H,2,11-13H2,1H3. The summed E-state index contributed by atoms with van der Waals surface area (Å²) in [5, 5.41) is 0. The van der Waals surface area contributed by atoms with Crippen molar-refractivity contribution in [1.29, 1.82) is 0 Å². The van der Waals surface area contributed by atoms with Crippen LogP contribution in [0.3, 0.4) is 0 Å². The fourth-order valence-electron chi connectivity index (χ4n) is 4.09. The van der Waals surface area contributed by atoms with Crippen LogP contribution in [0.25, 0.3) is 11.0 Å². The highest BCUT2D eigenvalue weighted by atomic mass is 16.5. The largest absolute Gasteiger partial charge is 0.494 e. The van der Waals surface area contributed by atoms with Crippen molar-refractivity contribution in [2.24, 2.45) is 0 Å². The van der Waals surface area contributed by atoms with Crippen LogP contribution < -0.4 is 14.5 Å². The number of imide groups is 1. The molecule has 3 aromatic rings. The topological polar surface area (TPSA) is 67.7 Å². The van der Waals surface area contributed by atoms with Gasteiger partial charge in [-0.3, -0.25) is 9.59 Å². The molecule has 3 heterocycles. The summed E-state index contributed by atoms with van der Waals surface area (Å²) in [6.07, 6.45) is 0.162. The third kappa shape index (κ3) is 2.46. The first kappa shape index (κ1) is 16.8. The number of para-hydroxylation sites is 2. The molecular formula is C21H20N4O3. The monoisotopic (exact) mass is 376 g/mol. The Labute approximate surface area is 162 Å².